The van der Waals surface area contributed by atoms with Crippen LogP contribution in [0.2, 0.25) is 0 Å². The molecule has 0 rings (SSSR count). The summed E-state index contributed by atoms with van der Waals surface area (Å²) in [6, 6.07) is 0. The molecule has 0 bridgehead atoms. The maximum absolute atomic E-state index is 11.0. The second-order valence-corrected chi connectivity index (χ2v) is 4.51. The van der Waals surface area contributed by atoms with Gasteiger partial charge in [0.15, 0.2) is 0 Å². The monoisotopic (exact) mass is 300 g/mol. The van der Waals surface area contributed by atoms with Crippen LogP contribution in [0.15, 0.2) is 36.5 Å². The molecule has 0 aromatic carbocycles. The van der Waals surface area contributed by atoms with E-state index in [2.05, 4.69) is 30.6 Å². The highest BCUT2D eigenvalue weighted by molar-refractivity contribution is 5.66. The minimum atomic E-state index is -0.215. The molecule has 0 heterocycles. The molecule has 3 nitrogen and oxygen atoms in total. The van der Waals surface area contributed by atoms with Crippen LogP contribution in [-0.2, 0) is 9.53 Å². The normalized spacial score (nSPS) is 12.0. The van der Waals surface area contributed by atoms with E-state index in [4.69, 9.17) is 9.84 Å². The number of ether oxygens (including phenoxy) is 1. The summed E-state index contributed by atoms with van der Waals surface area (Å²) in [5, 5.41) is 8.48. The van der Waals surface area contributed by atoms with Gasteiger partial charge >= 0.3 is 5.97 Å². The predicted molar refractivity (Wildman–Crippen MR) is 89.8 cm³/mol. The van der Waals surface area contributed by atoms with Crippen LogP contribution in [0.25, 0.3) is 0 Å². The summed E-state index contributed by atoms with van der Waals surface area (Å²) < 4.78 is 5.24. The number of hydrogen-bond donors (Lipinski definition) is 1. The average Bonchev–Trinajstić information content (AvgIpc) is 2.48. The van der Waals surface area contributed by atoms with Gasteiger partial charge in [0.2, 0.25) is 0 Å². The highest BCUT2D eigenvalue weighted by Crippen LogP contribution is 2.10. The Hall–Kier alpha value is -2.23. The van der Waals surface area contributed by atoms with E-state index in [1.807, 2.05) is 18.2 Å². The molecule has 0 fully saturated rings. The minimum Gasteiger partial charge on any atom is -0.463 e. The Balaban J connectivity index is 3.99. The molecule has 0 saturated heterocycles. The quantitative estimate of drug-likeness (QED) is 0.425. The summed E-state index contributed by atoms with van der Waals surface area (Å²) in [5.74, 6) is 10.6. The zero-order chi connectivity index (χ0) is 16.5. The third-order valence-corrected chi connectivity index (χ3v) is 2.54. The first-order chi connectivity index (χ1) is 10.7. The second-order valence-electron chi connectivity index (χ2n) is 4.51. The summed E-state index contributed by atoms with van der Waals surface area (Å²) >= 11 is 0. The summed E-state index contributed by atoms with van der Waals surface area (Å²) in [4.78, 5) is 11.0. The topological polar surface area (TPSA) is 46.5 Å². The third kappa shape index (κ3) is 14.2. The van der Waals surface area contributed by atoms with Gasteiger partial charge in [-0.1, -0.05) is 49.5 Å². The van der Waals surface area contributed by atoms with E-state index in [-0.39, 0.29) is 18.7 Å². The summed E-state index contributed by atoms with van der Waals surface area (Å²) in [7, 11) is 0. The number of hydrogen-bond acceptors (Lipinski definition) is 3. The first kappa shape index (κ1) is 19.8. The first-order valence-electron chi connectivity index (χ1n) is 7.46. The lowest BCUT2D eigenvalue weighted by Gasteiger charge is -2.14. The second kappa shape index (κ2) is 15.2. The van der Waals surface area contributed by atoms with Crippen LogP contribution < -0.4 is 0 Å². The maximum Gasteiger partial charge on any atom is 0.302 e. The third-order valence-electron chi connectivity index (χ3n) is 2.54. The molecule has 1 N–H and O–H groups in total. The first-order valence-corrected chi connectivity index (χ1v) is 7.46. The molecular formula is C19H24O3. The Kier molecular flexibility index (Phi) is 13.6. The summed E-state index contributed by atoms with van der Waals surface area (Å²) in [6.07, 6.45) is 14.2. The van der Waals surface area contributed by atoms with Crippen LogP contribution in [0.1, 0.15) is 39.5 Å². The van der Waals surface area contributed by atoms with E-state index in [0.29, 0.717) is 0 Å². The van der Waals surface area contributed by atoms with Crippen molar-refractivity contribution in [2.45, 2.75) is 45.6 Å². The number of carbonyl (C=O) groups is 1. The van der Waals surface area contributed by atoms with Gasteiger partial charge in [0.1, 0.15) is 6.10 Å². The van der Waals surface area contributed by atoms with Crippen molar-refractivity contribution in [3.63, 3.8) is 0 Å². The van der Waals surface area contributed by atoms with E-state index < -0.39 is 0 Å². The molecule has 3 heteroatoms. The van der Waals surface area contributed by atoms with Crippen molar-refractivity contribution >= 4 is 5.97 Å². The lowest BCUT2D eigenvalue weighted by atomic mass is 10.1. The van der Waals surface area contributed by atoms with Crippen LogP contribution in [-0.4, -0.2) is 23.8 Å². The molecule has 0 aliphatic carbocycles. The van der Waals surface area contributed by atoms with Crippen molar-refractivity contribution in [2.75, 3.05) is 6.61 Å². The van der Waals surface area contributed by atoms with Gasteiger partial charge in [-0.3, -0.25) is 4.79 Å². The van der Waals surface area contributed by atoms with E-state index in [9.17, 15) is 4.79 Å². The molecule has 0 aliphatic heterocycles. The van der Waals surface area contributed by atoms with E-state index in [1.54, 1.807) is 18.2 Å². The molecule has 118 valence electrons. The molecule has 0 radical (unpaired) electrons. The molecule has 1 atom stereocenters. The highest BCUT2D eigenvalue weighted by atomic mass is 16.5. The lowest BCUT2D eigenvalue weighted by molar-refractivity contribution is -0.146. The Morgan fingerprint density at radius 3 is 2.50 bits per heavy atom. The Bertz CT molecular complexity index is 504. The molecule has 0 saturated carbocycles. The fourth-order valence-corrected chi connectivity index (χ4v) is 1.65. The molecule has 0 aromatic rings. The fraction of sp³-hybridized carbons (Fsp3) is 0.421. The standard InChI is InChI=1S/C19H24O3/c1-3-15-19(22-18(2)21)16-13-11-9-7-5-4-6-8-10-12-14-17-20/h5,7,9,11-12,14,19-20H,3,13,15-17H2,1-2H3/b7-5-,11-9+,14-12+. The van der Waals surface area contributed by atoms with Gasteiger partial charge in [-0.2, -0.15) is 0 Å². The molecular weight excluding hydrogens is 276 g/mol. The number of aliphatic hydroxyl groups excluding tert-OH is 1. The number of esters is 1. The van der Waals surface area contributed by atoms with Gasteiger partial charge < -0.3 is 9.84 Å². The Labute approximate surface area is 133 Å². The number of allylic oxidation sites excluding steroid dienone is 5. The fourth-order valence-electron chi connectivity index (χ4n) is 1.65. The van der Waals surface area contributed by atoms with Crippen LogP contribution in [0.4, 0.5) is 0 Å². The molecule has 0 aromatic heterocycles. The van der Waals surface area contributed by atoms with Gasteiger partial charge in [-0.25, -0.2) is 0 Å². The van der Waals surface area contributed by atoms with Crippen molar-refractivity contribution in [1.29, 1.82) is 0 Å². The molecule has 1 unspecified atom stereocenters. The Morgan fingerprint density at radius 1 is 1.14 bits per heavy atom. The van der Waals surface area contributed by atoms with Gasteiger partial charge in [0, 0.05) is 6.92 Å². The average molecular weight is 300 g/mol. The zero-order valence-corrected chi connectivity index (χ0v) is 13.3. The number of aliphatic hydroxyl groups is 1. The van der Waals surface area contributed by atoms with Crippen molar-refractivity contribution in [3.8, 4) is 23.7 Å². The number of rotatable bonds is 8. The van der Waals surface area contributed by atoms with Crippen LogP contribution in [0.3, 0.4) is 0 Å². The van der Waals surface area contributed by atoms with Crippen molar-refractivity contribution < 1.29 is 14.6 Å². The molecule has 0 spiro atoms. The van der Waals surface area contributed by atoms with Crippen molar-refractivity contribution in [2.24, 2.45) is 0 Å². The molecule has 0 amide bonds. The predicted octanol–water partition coefficient (Wildman–Crippen LogP) is 3.17. The maximum atomic E-state index is 11.0. The SMILES string of the molecule is CCCC(CC/C=C/C=C\C#CC#C/C=C/CO)OC(C)=O. The zero-order valence-electron chi connectivity index (χ0n) is 13.3. The molecule has 22 heavy (non-hydrogen) atoms. The Morgan fingerprint density at radius 2 is 1.86 bits per heavy atom. The van der Waals surface area contributed by atoms with Gasteiger partial charge in [0.05, 0.1) is 6.61 Å². The summed E-state index contributed by atoms with van der Waals surface area (Å²) in [6.45, 7) is 3.52. The van der Waals surface area contributed by atoms with E-state index in [1.165, 1.54) is 6.92 Å². The largest absolute Gasteiger partial charge is 0.463 e. The van der Waals surface area contributed by atoms with Gasteiger partial charge in [0.25, 0.3) is 0 Å². The van der Waals surface area contributed by atoms with Crippen LogP contribution >= 0.6 is 0 Å². The highest BCUT2D eigenvalue weighted by Gasteiger charge is 2.09. The minimum absolute atomic E-state index is 0.0105. The van der Waals surface area contributed by atoms with Crippen LogP contribution in [0, 0.1) is 23.7 Å². The van der Waals surface area contributed by atoms with Crippen molar-refractivity contribution in [3.05, 3.63) is 36.5 Å². The van der Waals surface area contributed by atoms with Crippen molar-refractivity contribution in [1.82, 2.24) is 0 Å². The van der Waals surface area contributed by atoms with Crippen LogP contribution in [0.5, 0.6) is 0 Å². The smallest absolute Gasteiger partial charge is 0.302 e. The van der Waals surface area contributed by atoms with Gasteiger partial charge in [-0.15, -0.1) is 0 Å². The van der Waals surface area contributed by atoms with E-state index in [0.717, 1.165) is 25.7 Å². The van der Waals surface area contributed by atoms with E-state index >= 15 is 0 Å². The molecule has 0 aliphatic rings. The lowest BCUT2D eigenvalue weighted by Crippen LogP contribution is -2.15. The van der Waals surface area contributed by atoms with Gasteiger partial charge in [-0.05, 0) is 43.3 Å². The number of carbonyl (C=O) groups excluding carboxylic acids is 1. The summed E-state index contributed by atoms with van der Waals surface area (Å²) in [5.41, 5.74) is 0.